The number of rotatable bonds is 20. The molecule has 3 rings (SSSR count). The van der Waals surface area contributed by atoms with Crippen LogP contribution in [0, 0.1) is 12.8 Å². The van der Waals surface area contributed by atoms with Crippen LogP contribution in [0.2, 0.25) is 5.04 Å². The molecule has 0 bridgehead atoms. The van der Waals surface area contributed by atoms with Crippen molar-refractivity contribution in [3.63, 3.8) is 0 Å². The van der Waals surface area contributed by atoms with E-state index in [0.717, 1.165) is 50.5 Å². The highest BCUT2D eigenvalue weighted by molar-refractivity contribution is 7.91. The van der Waals surface area contributed by atoms with Crippen LogP contribution < -0.4 is 15.1 Å². The van der Waals surface area contributed by atoms with E-state index in [0.29, 0.717) is 24.9 Å². The van der Waals surface area contributed by atoms with E-state index in [2.05, 4.69) is 95.3 Å². The first-order valence-corrected chi connectivity index (χ1v) is 21.3. The van der Waals surface area contributed by atoms with Crippen molar-refractivity contribution in [2.24, 2.45) is 5.92 Å². The first-order chi connectivity index (χ1) is 22.8. The molecule has 0 saturated carbocycles. The van der Waals surface area contributed by atoms with Crippen LogP contribution in [0.25, 0.3) is 0 Å². The third kappa shape index (κ3) is 11.0. The highest BCUT2D eigenvalue weighted by Crippen LogP contribution is 2.37. The zero-order valence-corrected chi connectivity index (χ0v) is 32.1. The third-order valence-electron chi connectivity index (χ3n) is 9.10. The Balaban J connectivity index is 1.60. The van der Waals surface area contributed by atoms with Crippen molar-refractivity contribution in [1.82, 2.24) is 0 Å². The number of esters is 1. The molecule has 6 nitrogen and oxygen atoms in total. The van der Waals surface area contributed by atoms with Crippen LogP contribution in [0.4, 0.5) is 0 Å². The zero-order valence-electron chi connectivity index (χ0n) is 30.3. The summed E-state index contributed by atoms with van der Waals surface area (Å²) in [6.45, 7) is 15.9. The summed E-state index contributed by atoms with van der Waals surface area (Å²) in [5.74, 6) is -0.140. The number of sulfone groups is 1. The Kier molecular flexibility index (Phi) is 15.4. The molecule has 0 saturated heterocycles. The number of hydrogen-bond acceptors (Lipinski definition) is 6. The average Bonchev–Trinajstić information content (AvgIpc) is 3.05. The van der Waals surface area contributed by atoms with Gasteiger partial charge >= 0.3 is 5.97 Å². The Bertz CT molecular complexity index is 1460. The van der Waals surface area contributed by atoms with Crippen molar-refractivity contribution in [2.45, 2.75) is 116 Å². The lowest BCUT2D eigenvalue weighted by Gasteiger charge is -2.43. The van der Waals surface area contributed by atoms with Crippen LogP contribution >= 0.6 is 0 Å². The van der Waals surface area contributed by atoms with Crippen LogP contribution in [-0.4, -0.2) is 47.8 Å². The molecule has 0 aliphatic heterocycles. The molecule has 48 heavy (non-hydrogen) atoms. The van der Waals surface area contributed by atoms with Gasteiger partial charge in [-0.05, 0) is 78.6 Å². The molecule has 0 spiro atoms. The third-order valence-corrected chi connectivity index (χ3v) is 15.9. The summed E-state index contributed by atoms with van der Waals surface area (Å²) in [6.07, 6.45) is 6.23. The van der Waals surface area contributed by atoms with E-state index < -0.39 is 24.1 Å². The van der Waals surface area contributed by atoms with Gasteiger partial charge in [-0.3, -0.25) is 4.79 Å². The Labute approximate surface area is 291 Å². The van der Waals surface area contributed by atoms with Gasteiger partial charge in [-0.1, -0.05) is 121 Å². The Morgan fingerprint density at radius 1 is 0.854 bits per heavy atom. The summed E-state index contributed by atoms with van der Waals surface area (Å²) in [5, 5.41) is 2.45. The molecule has 0 aliphatic carbocycles. The Hall–Kier alpha value is -2.94. The number of hydrogen-bond donors (Lipinski definition) is 0. The van der Waals surface area contributed by atoms with Gasteiger partial charge in [-0.2, -0.15) is 0 Å². The van der Waals surface area contributed by atoms with Crippen LogP contribution in [0.1, 0.15) is 98.5 Å². The summed E-state index contributed by atoms with van der Waals surface area (Å²) in [7, 11) is -6.35. The van der Waals surface area contributed by atoms with Gasteiger partial charge in [0.05, 0.1) is 24.9 Å². The fourth-order valence-corrected chi connectivity index (χ4v) is 12.2. The van der Waals surface area contributed by atoms with E-state index in [9.17, 15) is 13.2 Å². The van der Waals surface area contributed by atoms with Gasteiger partial charge in [0.25, 0.3) is 8.32 Å². The van der Waals surface area contributed by atoms with Crippen LogP contribution in [0.3, 0.4) is 0 Å². The largest absolute Gasteiger partial charge is 0.489 e. The Morgan fingerprint density at radius 2 is 1.48 bits per heavy atom. The fourth-order valence-electron chi connectivity index (χ4n) is 6.27. The minimum atomic E-state index is -3.76. The molecule has 0 N–H and O–H groups in total. The SMILES string of the molecule is CCCC[C@@H](CC)COC(=O)CCS(=O)(=O)c1ccc(C)cc1O[C@H](C)CCCCO[Si](c1ccccc1)(c1ccccc1)C(C)(C)C. The number of carbonyl (C=O) groups is 1. The van der Waals surface area contributed by atoms with Gasteiger partial charge in [0.1, 0.15) is 10.6 Å². The molecular formula is C40H58O6SSi. The highest BCUT2D eigenvalue weighted by Gasteiger charge is 2.49. The highest BCUT2D eigenvalue weighted by atomic mass is 32.2. The Morgan fingerprint density at radius 3 is 2.04 bits per heavy atom. The minimum absolute atomic E-state index is 0.0809. The molecule has 0 aliphatic rings. The molecule has 264 valence electrons. The maximum atomic E-state index is 13.4. The van der Waals surface area contributed by atoms with Crippen LogP contribution in [-0.2, 0) is 23.8 Å². The molecule has 2 atom stereocenters. The van der Waals surface area contributed by atoms with E-state index in [1.54, 1.807) is 18.2 Å². The molecule has 0 aromatic heterocycles. The predicted molar refractivity (Wildman–Crippen MR) is 200 cm³/mol. The molecule has 8 heteroatoms. The van der Waals surface area contributed by atoms with Gasteiger partial charge < -0.3 is 13.9 Å². The van der Waals surface area contributed by atoms with E-state index >= 15 is 0 Å². The lowest BCUT2D eigenvalue weighted by molar-refractivity contribution is -0.144. The molecular weight excluding hydrogens is 637 g/mol. The van der Waals surface area contributed by atoms with E-state index in [4.69, 9.17) is 13.9 Å². The van der Waals surface area contributed by atoms with Crippen molar-refractivity contribution in [3.05, 3.63) is 84.4 Å². The number of unbranched alkanes of at least 4 members (excludes halogenated alkanes) is 2. The van der Waals surface area contributed by atoms with Crippen molar-refractivity contribution >= 4 is 34.5 Å². The predicted octanol–water partition coefficient (Wildman–Crippen LogP) is 8.43. The zero-order chi connectivity index (χ0) is 35.2. The normalized spacial score (nSPS) is 13.6. The van der Waals surface area contributed by atoms with Gasteiger partial charge in [-0.15, -0.1) is 0 Å². The fraction of sp³-hybridized carbons (Fsp3) is 0.525. The number of aryl methyl sites for hydroxylation is 1. The monoisotopic (exact) mass is 694 g/mol. The molecule has 3 aromatic carbocycles. The van der Waals surface area contributed by atoms with Crippen molar-refractivity contribution in [2.75, 3.05) is 19.0 Å². The summed E-state index contributed by atoms with van der Waals surface area (Å²) < 4.78 is 45.5. The van der Waals surface area contributed by atoms with Crippen LogP contribution in [0.5, 0.6) is 5.75 Å². The quantitative estimate of drug-likeness (QED) is 0.0671. The average molecular weight is 695 g/mol. The standard InChI is InChI=1S/C40H58O6SSi/c1-8-10-20-34(9-2)31-44-39(41)27-29-47(42,43)38-26-25-32(3)30-37(38)46-33(4)19-17-18-28-45-48(40(5,6)7,35-21-13-11-14-22-35)36-23-15-12-16-24-36/h11-16,21-26,30,33-34H,8-10,17-20,27-29,31H2,1-7H3/t33-,34-/m1/s1. The van der Waals surface area contributed by atoms with E-state index in [1.807, 2.05) is 13.8 Å². The smallest absolute Gasteiger partial charge is 0.306 e. The molecule has 0 unspecified atom stereocenters. The lowest BCUT2D eigenvalue weighted by Crippen LogP contribution is -2.66. The summed E-state index contributed by atoms with van der Waals surface area (Å²) in [5.41, 5.74) is 0.909. The molecule has 0 radical (unpaired) electrons. The number of benzene rings is 3. The van der Waals surface area contributed by atoms with Gasteiger partial charge in [0.2, 0.25) is 0 Å². The second kappa shape index (κ2) is 18.7. The van der Waals surface area contributed by atoms with Gasteiger partial charge in [-0.25, -0.2) is 8.42 Å². The first-order valence-electron chi connectivity index (χ1n) is 17.7. The van der Waals surface area contributed by atoms with Crippen molar-refractivity contribution in [3.8, 4) is 5.75 Å². The van der Waals surface area contributed by atoms with Crippen LogP contribution in [0.15, 0.2) is 83.8 Å². The molecule has 0 amide bonds. The molecule has 0 heterocycles. The van der Waals surface area contributed by atoms with Gasteiger partial charge in [0, 0.05) is 6.61 Å². The first kappa shape index (κ1) is 39.5. The maximum Gasteiger partial charge on any atom is 0.306 e. The topological polar surface area (TPSA) is 78.9 Å². The van der Waals surface area contributed by atoms with Crippen molar-refractivity contribution < 1.29 is 27.1 Å². The summed E-state index contributed by atoms with van der Waals surface area (Å²) >= 11 is 0. The number of carbonyl (C=O) groups excluding carboxylic acids is 1. The van der Waals surface area contributed by atoms with E-state index in [-0.39, 0.29) is 28.2 Å². The second-order valence-corrected chi connectivity index (χ2v) is 20.4. The van der Waals surface area contributed by atoms with Crippen molar-refractivity contribution in [1.29, 1.82) is 0 Å². The molecule has 3 aromatic rings. The van der Waals surface area contributed by atoms with Gasteiger partial charge in [0.15, 0.2) is 9.84 Å². The summed E-state index contributed by atoms with van der Waals surface area (Å²) in [4.78, 5) is 12.6. The lowest BCUT2D eigenvalue weighted by atomic mass is 10.0. The second-order valence-electron chi connectivity index (χ2n) is 14.1. The maximum absolute atomic E-state index is 13.4. The van der Waals surface area contributed by atoms with E-state index in [1.165, 1.54) is 10.4 Å². The minimum Gasteiger partial charge on any atom is -0.489 e. The summed E-state index contributed by atoms with van der Waals surface area (Å²) in [6, 6.07) is 26.4. The molecule has 0 fully saturated rings. The number of ether oxygens (including phenoxy) is 2.